The van der Waals surface area contributed by atoms with E-state index in [9.17, 15) is 19.5 Å². The SMILES string of the molecule is CCCCc1c(-c2ccc(C(=O)OC(C)(C)C)cc2C(=O)N2Cc3ccccc3CC2CN=[N+]=[N-])c(C(=O)O)nn1-c1ccccc1. The van der Waals surface area contributed by atoms with Crippen LogP contribution in [0.2, 0.25) is 0 Å². The second-order valence-electron chi connectivity index (χ2n) is 12.6. The topological polar surface area (TPSA) is 150 Å². The first-order valence-corrected chi connectivity index (χ1v) is 15.7. The van der Waals surface area contributed by atoms with E-state index in [4.69, 9.17) is 10.3 Å². The molecular formula is C36H38N6O5. The molecule has 0 spiro atoms. The number of aromatic nitrogens is 2. The molecule has 4 aromatic rings. The first-order chi connectivity index (χ1) is 22.5. The molecule has 11 heteroatoms. The molecular weight excluding hydrogens is 596 g/mol. The maximum absolute atomic E-state index is 14.8. The minimum atomic E-state index is -1.24. The molecule has 0 saturated heterocycles. The van der Waals surface area contributed by atoms with E-state index >= 15 is 0 Å². The molecule has 2 heterocycles. The highest BCUT2D eigenvalue weighted by molar-refractivity contribution is 6.06. The first kappa shape index (κ1) is 33.0. The van der Waals surface area contributed by atoms with Crippen molar-refractivity contribution in [1.82, 2.24) is 14.7 Å². The molecule has 1 N–H and O–H groups in total. The van der Waals surface area contributed by atoms with E-state index < -0.39 is 29.5 Å². The smallest absolute Gasteiger partial charge is 0.357 e. The van der Waals surface area contributed by atoms with Crippen LogP contribution in [0, 0.1) is 0 Å². The molecule has 0 radical (unpaired) electrons. The predicted octanol–water partition coefficient (Wildman–Crippen LogP) is 7.41. The summed E-state index contributed by atoms with van der Waals surface area (Å²) < 4.78 is 7.27. The Morgan fingerprint density at radius 3 is 2.40 bits per heavy atom. The fraction of sp³-hybridized carbons (Fsp3) is 0.333. The normalized spacial score (nSPS) is 14.2. The minimum Gasteiger partial charge on any atom is -0.476 e. The maximum atomic E-state index is 14.8. The summed E-state index contributed by atoms with van der Waals surface area (Å²) in [6.45, 7) is 7.61. The van der Waals surface area contributed by atoms with Crippen LogP contribution in [0.15, 0.2) is 77.9 Å². The summed E-state index contributed by atoms with van der Waals surface area (Å²) in [5, 5.41) is 18.8. The Kier molecular flexibility index (Phi) is 9.77. The highest BCUT2D eigenvalue weighted by Crippen LogP contribution is 2.36. The largest absolute Gasteiger partial charge is 0.476 e. The number of aromatic carboxylic acids is 1. The second-order valence-corrected chi connectivity index (χ2v) is 12.6. The van der Waals surface area contributed by atoms with Gasteiger partial charge < -0.3 is 14.7 Å². The van der Waals surface area contributed by atoms with Gasteiger partial charge in [-0.05, 0) is 86.5 Å². The number of amides is 1. The molecule has 242 valence electrons. The third-order valence-corrected chi connectivity index (χ3v) is 8.08. The van der Waals surface area contributed by atoms with Crippen LogP contribution >= 0.6 is 0 Å². The summed E-state index contributed by atoms with van der Waals surface area (Å²) in [4.78, 5) is 45.5. The van der Waals surface area contributed by atoms with Crippen LogP contribution in [-0.4, -0.2) is 55.8 Å². The molecule has 0 fully saturated rings. The average molecular weight is 635 g/mol. The van der Waals surface area contributed by atoms with Crippen LogP contribution in [0.4, 0.5) is 0 Å². The number of carbonyl (C=O) groups is 3. The van der Waals surface area contributed by atoms with E-state index in [-0.39, 0.29) is 29.9 Å². The van der Waals surface area contributed by atoms with Gasteiger partial charge in [0.25, 0.3) is 5.91 Å². The van der Waals surface area contributed by atoms with E-state index in [1.165, 1.54) is 6.07 Å². The number of rotatable bonds is 10. The van der Waals surface area contributed by atoms with Crippen molar-refractivity contribution >= 4 is 17.8 Å². The van der Waals surface area contributed by atoms with Crippen LogP contribution in [0.5, 0.6) is 0 Å². The van der Waals surface area contributed by atoms with Crippen molar-refractivity contribution in [2.24, 2.45) is 5.11 Å². The van der Waals surface area contributed by atoms with Crippen molar-refractivity contribution < 1.29 is 24.2 Å². The number of azide groups is 1. The number of hydrogen-bond donors (Lipinski definition) is 1. The fourth-order valence-corrected chi connectivity index (χ4v) is 5.92. The molecule has 3 aromatic carbocycles. The van der Waals surface area contributed by atoms with Crippen molar-refractivity contribution in [2.45, 2.75) is 71.6 Å². The van der Waals surface area contributed by atoms with Crippen LogP contribution in [-0.2, 0) is 24.1 Å². The zero-order valence-corrected chi connectivity index (χ0v) is 27.0. The summed E-state index contributed by atoms with van der Waals surface area (Å²) in [6.07, 6.45) is 2.57. The van der Waals surface area contributed by atoms with Gasteiger partial charge in [-0.2, -0.15) is 5.10 Å². The maximum Gasteiger partial charge on any atom is 0.357 e. The molecule has 0 saturated carbocycles. The molecule has 1 atom stereocenters. The number of carboxylic acid groups (broad SMARTS) is 1. The number of carboxylic acids is 1. The van der Waals surface area contributed by atoms with Gasteiger partial charge in [-0.25, -0.2) is 14.3 Å². The summed E-state index contributed by atoms with van der Waals surface area (Å²) in [6, 6.07) is 21.2. The summed E-state index contributed by atoms with van der Waals surface area (Å²) in [5.74, 6) is -2.28. The van der Waals surface area contributed by atoms with Gasteiger partial charge in [0.2, 0.25) is 0 Å². The second kappa shape index (κ2) is 13.9. The molecule has 11 nitrogen and oxygen atoms in total. The monoisotopic (exact) mass is 634 g/mol. The van der Waals surface area contributed by atoms with Gasteiger partial charge in [0.1, 0.15) is 5.60 Å². The number of para-hydroxylation sites is 1. The number of fused-ring (bicyclic) bond motifs is 1. The molecule has 5 rings (SSSR count). The van der Waals surface area contributed by atoms with Crippen LogP contribution in [0.1, 0.15) is 88.6 Å². The number of hydrogen-bond acceptors (Lipinski definition) is 6. The Bertz CT molecular complexity index is 1850. The van der Waals surface area contributed by atoms with E-state index in [0.717, 1.165) is 24.0 Å². The minimum absolute atomic E-state index is 0.0474. The van der Waals surface area contributed by atoms with Crippen LogP contribution < -0.4 is 0 Å². The Balaban J connectivity index is 1.75. The molecule has 1 aromatic heterocycles. The zero-order chi connectivity index (χ0) is 33.7. The molecule has 0 bridgehead atoms. The van der Waals surface area contributed by atoms with Gasteiger partial charge in [-0.15, -0.1) is 0 Å². The van der Waals surface area contributed by atoms with Gasteiger partial charge >= 0.3 is 11.9 Å². The van der Waals surface area contributed by atoms with E-state index in [2.05, 4.69) is 15.1 Å². The number of benzene rings is 3. The Hall–Kier alpha value is -5.41. The highest BCUT2D eigenvalue weighted by Gasteiger charge is 2.34. The van der Waals surface area contributed by atoms with E-state index in [0.29, 0.717) is 35.3 Å². The molecule has 1 aliphatic heterocycles. The Morgan fingerprint density at radius 1 is 1.04 bits per heavy atom. The first-order valence-electron chi connectivity index (χ1n) is 15.7. The average Bonchev–Trinajstić information content (AvgIpc) is 3.44. The lowest BCUT2D eigenvalue weighted by Gasteiger charge is -2.37. The Labute approximate surface area is 273 Å². The van der Waals surface area contributed by atoms with Crippen molar-refractivity contribution in [3.63, 3.8) is 0 Å². The molecule has 1 unspecified atom stereocenters. The molecule has 1 aliphatic rings. The fourth-order valence-electron chi connectivity index (χ4n) is 5.92. The molecule has 0 aliphatic carbocycles. The number of unbranched alkanes of at least 4 members (excludes halogenated alkanes) is 1. The summed E-state index contributed by atoms with van der Waals surface area (Å²) >= 11 is 0. The van der Waals surface area contributed by atoms with Crippen molar-refractivity contribution in [3.8, 4) is 16.8 Å². The van der Waals surface area contributed by atoms with Gasteiger partial charge in [0, 0.05) is 35.2 Å². The lowest BCUT2D eigenvalue weighted by atomic mass is 9.90. The van der Waals surface area contributed by atoms with Crippen molar-refractivity contribution in [2.75, 3.05) is 6.54 Å². The third kappa shape index (κ3) is 7.21. The third-order valence-electron chi connectivity index (χ3n) is 8.08. The number of ether oxygens (including phenoxy) is 1. The standard InChI is InChI=1S/C36H38N6O5/c1-5-6-16-30-31(32(34(44)45)39-42(30)26-14-8-7-9-15-26)28-18-17-24(35(46)47-36(2,3)4)20-29(28)33(43)41-22-25-13-11-10-12-23(25)19-27(41)21-38-40-37/h7-15,17-18,20,27H,5-6,16,19,21-22H2,1-4H3,(H,44,45). The van der Waals surface area contributed by atoms with E-state index in [1.807, 2.05) is 61.5 Å². The van der Waals surface area contributed by atoms with Gasteiger partial charge in [0.15, 0.2) is 5.69 Å². The number of carbonyl (C=O) groups excluding carboxylic acids is 2. The lowest BCUT2D eigenvalue weighted by Crippen LogP contribution is -2.46. The molecule has 47 heavy (non-hydrogen) atoms. The quantitative estimate of drug-likeness (QED) is 0.0830. The van der Waals surface area contributed by atoms with Crippen molar-refractivity contribution in [1.29, 1.82) is 0 Å². The van der Waals surface area contributed by atoms with Crippen LogP contribution in [0.3, 0.4) is 0 Å². The molecule has 1 amide bonds. The summed E-state index contributed by atoms with van der Waals surface area (Å²) in [7, 11) is 0. The zero-order valence-electron chi connectivity index (χ0n) is 27.0. The van der Waals surface area contributed by atoms with Crippen LogP contribution in [0.25, 0.3) is 27.3 Å². The predicted molar refractivity (Wildman–Crippen MR) is 178 cm³/mol. The number of nitrogens with zero attached hydrogens (tertiary/aromatic N) is 6. The van der Waals surface area contributed by atoms with Crippen molar-refractivity contribution in [3.05, 3.63) is 117 Å². The van der Waals surface area contributed by atoms with E-state index in [1.54, 1.807) is 42.5 Å². The van der Waals surface area contributed by atoms with Gasteiger partial charge in [-0.3, -0.25) is 4.79 Å². The summed E-state index contributed by atoms with van der Waals surface area (Å²) in [5.41, 5.74) is 12.4. The lowest BCUT2D eigenvalue weighted by molar-refractivity contribution is 0.00692. The van der Waals surface area contributed by atoms with Gasteiger partial charge in [0.05, 0.1) is 16.9 Å². The number of esters is 1. The Morgan fingerprint density at radius 2 is 1.74 bits per heavy atom. The van der Waals surface area contributed by atoms with Gasteiger partial charge in [-0.1, -0.05) is 67.0 Å². The highest BCUT2D eigenvalue weighted by atomic mass is 16.6.